The zero-order valence-corrected chi connectivity index (χ0v) is 30.3. The van der Waals surface area contributed by atoms with Gasteiger partial charge >= 0.3 is 11.7 Å². The molecule has 0 bridgehead atoms. The molecule has 2 aliphatic heterocycles. The summed E-state index contributed by atoms with van der Waals surface area (Å²) in [5.74, 6) is 0.0833. The molecule has 0 saturated carbocycles. The Morgan fingerprint density at radius 1 is 0.824 bits per heavy atom. The fourth-order valence-electron chi connectivity index (χ4n) is 7.18. The molecule has 51 heavy (non-hydrogen) atoms. The largest absolute Gasteiger partial charge is 0.459 e. The minimum Gasteiger partial charge on any atom is -0.459 e. The smallest absolute Gasteiger partial charge is 0.330 e. The van der Waals surface area contributed by atoms with E-state index in [4.69, 9.17) is 14.2 Å². The van der Waals surface area contributed by atoms with E-state index in [-0.39, 0.29) is 24.8 Å². The Morgan fingerprint density at radius 3 is 1.98 bits per heavy atom. The third-order valence-electron chi connectivity index (χ3n) is 10.1. The minimum atomic E-state index is -0.778. The quantitative estimate of drug-likeness (QED) is 0.0908. The maximum atomic E-state index is 13.9. The van der Waals surface area contributed by atoms with E-state index >= 15 is 0 Å². The van der Waals surface area contributed by atoms with Crippen molar-refractivity contribution in [3.05, 3.63) is 92.3 Å². The molecule has 1 amide bonds. The van der Waals surface area contributed by atoms with E-state index in [1.807, 2.05) is 55.5 Å². The lowest BCUT2D eigenvalue weighted by Crippen LogP contribution is -2.41. The number of H-pyrrole nitrogens is 1. The van der Waals surface area contributed by atoms with Gasteiger partial charge in [0, 0.05) is 42.3 Å². The van der Waals surface area contributed by atoms with Crippen LogP contribution < -0.4 is 21.3 Å². The highest BCUT2D eigenvalue weighted by molar-refractivity contribution is 5.89. The number of benzene rings is 2. The predicted molar refractivity (Wildman–Crippen MR) is 197 cm³/mol. The maximum Gasteiger partial charge on any atom is 0.330 e. The molecule has 0 radical (unpaired) electrons. The van der Waals surface area contributed by atoms with Crippen LogP contribution in [0.15, 0.2) is 64.3 Å². The van der Waals surface area contributed by atoms with E-state index < -0.39 is 35.6 Å². The molecule has 10 heteroatoms. The number of rotatable bonds is 20. The van der Waals surface area contributed by atoms with Gasteiger partial charge in [-0.3, -0.25) is 23.9 Å². The first-order chi connectivity index (χ1) is 24.9. The number of unbranched alkanes of at least 4 members (excludes halogenated alkanes) is 12. The topological polar surface area (TPSA) is 129 Å². The molecule has 1 aromatic heterocycles. The van der Waals surface area contributed by atoms with Gasteiger partial charge in [0.2, 0.25) is 5.91 Å². The third kappa shape index (κ3) is 10.4. The zero-order valence-electron chi connectivity index (χ0n) is 30.3. The number of aryl methyl sites for hydroxylation is 1. The number of carbonyl (C=O) groups excluding carboxylic acids is 2. The Labute approximate surface area is 301 Å². The number of nitrogens with one attached hydrogen (secondary N) is 2. The fourth-order valence-corrected chi connectivity index (χ4v) is 7.18. The first kappa shape index (κ1) is 38.1. The number of carbonyl (C=O) groups is 2. The standard InChI is InChI=1S/C41H55N3O7/c1-3-5-6-7-8-9-10-11-12-13-14-15-16-25-37(45)51-34-26-36(44-28-29(4-2)39(46)43-41(44)48)50-35(34)27-42-40(47)38-30-21-17-19-23-32(30)49-33-24-20-18-22-31(33)38/h17-24,28,34-36,38H,3-16,25-27H2,1-2H3,(H,42,47)(H,43,46,48)/t34-,35+,36+/m0/s1. The summed E-state index contributed by atoms with van der Waals surface area (Å²) in [5, 5.41) is 3.04. The van der Waals surface area contributed by atoms with Gasteiger partial charge < -0.3 is 19.5 Å². The molecule has 5 rings (SSSR count). The van der Waals surface area contributed by atoms with E-state index in [0.717, 1.165) is 30.4 Å². The van der Waals surface area contributed by atoms with E-state index in [1.165, 1.54) is 75.0 Å². The van der Waals surface area contributed by atoms with Crippen LogP contribution >= 0.6 is 0 Å². The van der Waals surface area contributed by atoms with Crippen molar-refractivity contribution in [3.8, 4) is 11.5 Å². The lowest BCUT2D eigenvalue weighted by molar-refractivity contribution is -0.152. The van der Waals surface area contributed by atoms with Gasteiger partial charge in [0.1, 0.15) is 29.9 Å². The van der Waals surface area contributed by atoms with Crippen molar-refractivity contribution in [2.75, 3.05) is 6.54 Å². The number of aromatic nitrogens is 2. The summed E-state index contributed by atoms with van der Waals surface area (Å²) in [4.78, 5) is 54.4. The van der Waals surface area contributed by atoms with Crippen LogP contribution in [0.25, 0.3) is 0 Å². The maximum absolute atomic E-state index is 13.9. The second kappa shape index (κ2) is 19.4. The molecular formula is C41H55N3O7. The van der Waals surface area contributed by atoms with Crippen molar-refractivity contribution in [1.29, 1.82) is 0 Å². The number of fused-ring (bicyclic) bond motifs is 2. The molecule has 2 aliphatic rings. The number of para-hydroxylation sites is 2. The Balaban J connectivity index is 1.16. The lowest BCUT2D eigenvalue weighted by atomic mass is 9.87. The van der Waals surface area contributed by atoms with Gasteiger partial charge in [0.05, 0.1) is 5.92 Å². The number of hydrogen-bond acceptors (Lipinski definition) is 7. The van der Waals surface area contributed by atoms with Crippen LogP contribution in [0.5, 0.6) is 11.5 Å². The molecule has 2 aromatic carbocycles. The molecule has 0 unspecified atom stereocenters. The molecule has 3 heterocycles. The number of amides is 1. The average Bonchev–Trinajstić information content (AvgIpc) is 3.53. The summed E-state index contributed by atoms with van der Waals surface area (Å²) in [5.41, 5.74) is 0.929. The summed E-state index contributed by atoms with van der Waals surface area (Å²) in [7, 11) is 0. The van der Waals surface area contributed by atoms with Crippen molar-refractivity contribution >= 4 is 11.9 Å². The monoisotopic (exact) mass is 701 g/mol. The summed E-state index contributed by atoms with van der Waals surface area (Å²) < 4.78 is 19.7. The number of ether oxygens (including phenoxy) is 3. The Morgan fingerprint density at radius 2 is 1.39 bits per heavy atom. The summed E-state index contributed by atoms with van der Waals surface area (Å²) in [6.07, 6.45) is 16.1. The number of hydrogen-bond donors (Lipinski definition) is 2. The van der Waals surface area contributed by atoms with Gasteiger partial charge in [0.25, 0.3) is 5.56 Å². The van der Waals surface area contributed by atoms with Crippen molar-refractivity contribution in [2.24, 2.45) is 0 Å². The van der Waals surface area contributed by atoms with Crippen LogP contribution in [0, 0.1) is 0 Å². The molecule has 276 valence electrons. The van der Waals surface area contributed by atoms with Gasteiger partial charge in [0.15, 0.2) is 0 Å². The highest BCUT2D eigenvalue weighted by Crippen LogP contribution is 2.44. The van der Waals surface area contributed by atoms with Gasteiger partial charge in [-0.25, -0.2) is 4.79 Å². The normalized spacial score (nSPS) is 18.1. The van der Waals surface area contributed by atoms with Crippen molar-refractivity contribution in [3.63, 3.8) is 0 Å². The van der Waals surface area contributed by atoms with Crippen LogP contribution in [-0.4, -0.2) is 40.2 Å². The predicted octanol–water partition coefficient (Wildman–Crippen LogP) is 7.83. The second-order valence-corrected chi connectivity index (χ2v) is 13.9. The van der Waals surface area contributed by atoms with Crippen LogP contribution in [0.2, 0.25) is 0 Å². The Kier molecular flexibility index (Phi) is 14.5. The molecule has 1 fully saturated rings. The Bertz CT molecular complexity index is 1650. The van der Waals surface area contributed by atoms with E-state index in [0.29, 0.717) is 29.9 Å². The number of nitrogens with zero attached hydrogens (tertiary/aromatic N) is 1. The highest BCUT2D eigenvalue weighted by Gasteiger charge is 2.40. The van der Waals surface area contributed by atoms with E-state index in [9.17, 15) is 19.2 Å². The average molecular weight is 702 g/mol. The number of aromatic amines is 1. The summed E-state index contributed by atoms with van der Waals surface area (Å²) >= 11 is 0. The lowest BCUT2D eigenvalue weighted by Gasteiger charge is -2.28. The van der Waals surface area contributed by atoms with Crippen LogP contribution in [0.3, 0.4) is 0 Å². The molecular weight excluding hydrogens is 646 g/mol. The van der Waals surface area contributed by atoms with Crippen LogP contribution in [-0.2, 0) is 25.5 Å². The van der Waals surface area contributed by atoms with E-state index in [1.54, 1.807) is 0 Å². The van der Waals surface area contributed by atoms with Crippen LogP contribution in [0.4, 0.5) is 0 Å². The first-order valence-corrected chi connectivity index (χ1v) is 19.2. The molecule has 1 saturated heterocycles. The molecule has 10 nitrogen and oxygen atoms in total. The van der Waals surface area contributed by atoms with E-state index in [2.05, 4.69) is 17.2 Å². The fraction of sp³-hybridized carbons (Fsp3) is 0.561. The van der Waals surface area contributed by atoms with Gasteiger partial charge in [-0.05, 0) is 25.0 Å². The molecule has 3 atom stereocenters. The van der Waals surface area contributed by atoms with Gasteiger partial charge in [-0.1, -0.05) is 127 Å². The highest BCUT2D eigenvalue weighted by atomic mass is 16.6. The zero-order chi connectivity index (χ0) is 36.0. The molecule has 2 N–H and O–H groups in total. The van der Waals surface area contributed by atoms with Crippen molar-refractivity contribution in [1.82, 2.24) is 14.9 Å². The van der Waals surface area contributed by atoms with Gasteiger partial charge in [-0.2, -0.15) is 0 Å². The van der Waals surface area contributed by atoms with Crippen LogP contribution in [0.1, 0.15) is 139 Å². The second-order valence-electron chi connectivity index (χ2n) is 13.9. The number of esters is 1. The van der Waals surface area contributed by atoms with Crippen molar-refractivity contribution in [2.45, 2.75) is 141 Å². The molecule has 3 aromatic rings. The molecule has 0 spiro atoms. The Hall–Kier alpha value is -4.18. The summed E-state index contributed by atoms with van der Waals surface area (Å²) in [6.45, 7) is 4.15. The third-order valence-corrected chi connectivity index (χ3v) is 10.1. The SMILES string of the molecule is CCCCCCCCCCCCCCCC(=O)O[C@H]1C[C@H](n2cc(CC)c(=O)[nH]c2=O)O[C@@H]1CNC(=O)C1c2ccccc2Oc2ccccc21. The first-order valence-electron chi connectivity index (χ1n) is 19.2. The molecule has 0 aliphatic carbocycles. The minimum absolute atomic E-state index is 0.0620. The summed E-state index contributed by atoms with van der Waals surface area (Å²) in [6, 6.07) is 14.9. The van der Waals surface area contributed by atoms with Gasteiger partial charge in [-0.15, -0.1) is 0 Å². The van der Waals surface area contributed by atoms with Crippen molar-refractivity contribution < 1.29 is 23.8 Å².